The van der Waals surface area contributed by atoms with Gasteiger partial charge in [0.05, 0.1) is 5.70 Å². The molecule has 5 nitrogen and oxygen atoms in total. The lowest BCUT2D eigenvalue weighted by Crippen LogP contribution is -2.45. The number of hydrogen-bond donors (Lipinski definition) is 0. The molecule has 1 aromatic carbocycles. The second-order valence-electron chi connectivity index (χ2n) is 6.11. The molecule has 0 saturated carbocycles. The van der Waals surface area contributed by atoms with Gasteiger partial charge in [0.15, 0.2) is 0 Å². The Balaban J connectivity index is 2.22. The maximum Gasteiger partial charge on any atom is 0.332 e. The Kier molecular flexibility index (Phi) is 5.17. The number of aliphatic imine (C=N–C) groups is 1. The maximum absolute atomic E-state index is 13.0. The molecule has 1 heterocycles. The zero-order valence-electron chi connectivity index (χ0n) is 14.4. The fraction of sp³-hybridized carbons (Fsp3) is 0.389. The first-order chi connectivity index (χ1) is 11.3. The highest BCUT2D eigenvalue weighted by atomic mass is 19.1. The van der Waals surface area contributed by atoms with Crippen LogP contribution in [-0.2, 0) is 11.2 Å². The number of benzene rings is 1. The summed E-state index contributed by atoms with van der Waals surface area (Å²) in [5, 5.41) is 0. The van der Waals surface area contributed by atoms with Crippen molar-refractivity contribution in [3.63, 3.8) is 0 Å². The Hall–Kier alpha value is -2.50. The summed E-state index contributed by atoms with van der Waals surface area (Å²) in [5.74, 6) is -0.575. The fourth-order valence-corrected chi connectivity index (χ4v) is 2.72. The van der Waals surface area contributed by atoms with Crippen molar-refractivity contribution >= 4 is 18.2 Å². The van der Waals surface area contributed by atoms with Crippen molar-refractivity contribution in [3.05, 3.63) is 47.4 Å². The molecule has 1 saturated heterocycles. The summed E-state index contributed by atoms with van der Waals surface area (Å²) in [5.41, 5.74) is 0.435. The van der Waals surface area contributed by atoms with Crippen molar-refractivity contribution in [2.24, 2.45) is 4.99 Å². The fourth-order valence-electron chi connectivity index (χ4n) is 2.72. The van der Waals surface area contributed by atoms with Crippen LogP contribution in [0, 0.1) is 5.82 Å². The van der Waals surface area contributed by atoms with Crippen molar-refractivity contribution < 1.29 is 14.0 Å². The first-order valence-corrected chi connectivity index (χ1v) is 7.82. The van der Waals surface area contributed by atoms with E-state index in [1.807, 2.05) is 0 Å². The summed E-state index contributed by atoms with van der Waals surface area (Å²) in [4.78, 5) is 32.1. The molecular formula is C18H22FN3O2. The van der Waals surface area contributed by atoms with Gasteiger partial charge in [0.2, 0.25) is 0 Å². The molecule has 1 aliphatic rings. The third-order valence-electron chi connectivity index (χ3n) is 4.18. The minimum absolute atomic E-state index is 0.278. The smallest absolute Gasteiger partial charge is 0.309 e. The number of nitrogens with zero attached hydrogens (tertiary/aromatic N) is 3. The number of halogens is 1. The first kappa shape index (κ1) is 17.8. The Bertz CT molecular complexity index is 693. The lowest BCUT2D eigenvalue weighted by Gasteiger charge is -2.27. The first-order valence-electron chi connectivity index (χ1n) is 7.82. The molecule has 0 bridgehead atoms. The van der Waals surface area contributed by atoms with E-state index in [0.29, 0.717) is 18.7 Å². The molecule has 0 atom stereocenters. The van der Waals surface area contributed by atoms with Crippen molar-refractivity contribution in [3.8, 4) is 0 Å². The highest BCUT2D eigenvalue weighted by molar-refractivity contribution is 6.11. The second-order valence-corrected chi connectivity index (χ2v) is 6.11. The molecule has 1 fully saturated rings. The van der Waals surface area contributed by atoms with Crippen LogP contribution < -0.4 is 0 Å². The average Bonchev–Trinajstić information content (AvgIpc) is 2.71. The van der Waals surface area contributed by atoms with Gasteiger partial charge in [0.25, 0.3) is 5.91 Å². The van der Waals surface area contributed by atoms with Gasteiger partial charge in [0.1, 0.15) is 11.4 Å². The number of imide groups is 1. The van der Waals surface area contributed by atoms with Crippen LogP contribution in [0.25, 0.3) is 0 Å². The summed E-state index contributed by atoms with van der Waals surface area (Å²) < 4.78 is 13.0. The van der Waals surface area contributed by atoms with Crippen molar-refractivity contribution in [1.29, 1.82) is 0 Å². The minimum Gasteiger partial charge on any atom is -0.309 e. The number of allylic oxidation sites excluding steroid dienone is 2. The van der Waals surface area contributed by atoms with Gasteiger partial charge in [-0.25, -0.2) is 14.1 Å². The minimum atomic E-state index is -0.938. The van der Waals surface area contributed by atoms with Gasteiger partial charge < -0.3 is 4.90 Å². The van der Waals surface area contributed by atoms with E-state index in [1.165, 1.54) is 18.3 Å². The highest BCUT2D eigenvalue weighted by Crippen LogP contribution is 2.30. The van der Waals surface area contributed by atoms with Gasteiger partial charge in [0, 0.05) is 19.8 Å². The average molecular weight is 331 g/mol. The predicted octanol–water partition coefficient (Wildman–Crippen LogP) is 3.02. The quantitative estimate of drug-likeness (QED) is 0.615. The summed E-state index contributed by atoms with van der Waals surface area (Å²) in [6.07, 6.45) is 3.72. The SMILES string of the molecule is CC=C(C=NC)N1C(=O)N(CCc2ccc(F)cc2)C(C)(C)C1=O. The molecule has 1 aliphatic heterocycles. The van der Waals surface area contributed by atoms with Crippen LogP contribution in [-0.4, -0.2) is 47.1 Å². The summed E-state index contributed by atoms with van der Waals surface area (Å²) in [7, 11) is 1.59. The van der Waals surface area contributed by atoms with Crippen molar-refractivity contribution in [2.75, 3.05) is 13.6 Å². The van der Waals surface area contributed by atoms with E-state index in [9.17, 15) is 14.0 Å². The molecule has 24 heavy (non-hydrogen) atoms. The van der Waals surface area contributed by atoms with E-state index < -0.39 is 5.54 Å². The van der Waals surface area contributed by atoms with Crippen LogP contribution in [0.1, 0.15) is 26.3 Å². The Morgan fingerprint density at radius 3 is 2.42 bits per heavy atom. The lowest BCUT2D eigenvalue weighted by molar-refractivity contribution is -0.130. The van der Waals surface area contributed by atoms with Gasteiger partial charge in [-0.3, -0.25) is 9.79 Å². The van der Waals surface area contributed by atoms with E-state index >= 15 is 0 Å². The zero-order chi connectivity index (χ0) is 17.9. The molecule has 0 unspecified atom stereocenters. The number of urea groups is 1. The van der Waals surface area contributed by atoms with Gasteiger partial charge in [-0.05, 0) is 44.9 Å². The van der Waals surface area contributed by atoms with Gasteiger partial charge in [-0.1, -0.05) is 18.2 Å². The normalized spacial score (nSPS) is 18.1. The number of carbonyl (C=O) groups is 2. The zero-order valence-corrected chi connectivity index (χ0v) is 14.4. The standard InChI is InChI=1S/C18H22FN3O2/c1-5-15(12-20-4)22-16(23)18(2,3)21(17(22)24)11-10-13-6-8-14(19)9-7-13/h5-9,12H,10-11H2,1-4H3. The summed E-state index contributed by atoms with van der Waals surface area (Å²) in [6, 6.07) is 5.78. The molecule has 0 spiro atoms. The van der Waals surface area contributed by atoms with Crippen LogP contribution in [0.3, 0.4) is 0 Å². The molecule has 0 radical (unpaired) electrons. The van der Waals surface area contributed by atoms with E-state index in [1.54, 1.807) is 50.9 Å². The number of carbonyl (C=O) groups excluding carboxylic acids is 2. The van der Waals surface area contributed by atoms with Gasteiger partial charge >= 0.3 is 6.03 Å². The lowest BCUT2D eigenvalue weighted by atomic mass is 10.0. The highest BCUT2D eigenvalue weighted by Gasteiger charge is 2.51. The van der Waals surface area contributed by atoms with Gasteiger partial charge in [-0.2, -0.15) is 0 Å². The van der Waals surface area contributed by atoms with Crippen molar-refractivity contribution in [1.82, 2.24) is 9.80 Å². The third-order valence-corrected chi connectivity index (χ3v) is 4.18. The summed E-state index contributed by atoms with van der Waals surface area (Å²) in [6.45, 7) is 5.59. The van der Waals surface area contributed by atoms with E-state index in [4.69, 9.17) is 0 Å². The molecule has 0 N–H and O–H groups in total. The molecule has 3 amide bonds. The van der Waals surface area contributed by atoms with E-state index in [2.05, 4.69) is 4.99 Å². The van der Waals surface area contributed by atoms with E-state index in [0.717, 1.165) is 10.5 Å². The van der Waals surface area contributed by atoms with Crippen LogP contribution in [0.4, 0.5) is 9.18 Å². The van der Waals surface area contributed by atoms with E-state index in [-0.39, 0.29) is 17.8 Å². The monoisotopic (exact) mass is 331 g/mol. The number of rotatable bonds is 5. The maximum atomic E-state index is 13.0. The number of amides is 3. The number of hydrogen-bond acceptors (Lipinski definition) is 3. The van der Waals surface area contributed by atoms with Crippen LogP contribution >= 0.6 is 0 Å². The third kappa shape index (κ3) is 3.22. The van der Waals surface area contributed by atoms with Crippen LogP contribution in [0.15, 0.2) is 41.0 Å². The molecule has 0 aromatic heterocycles. The topological polar surface area (TPSA) is 53.0 Å². The molecule has 6 heteroatoms. The molecule has 0 aliphatic carbocycles. The Morgan fingerprint density at radius 1 is 1.25 bits per heavy atom. The Labute approximate surface area is 141 Å². The second kappa shape index (κ2) is 6.95. The molecule has 128 valence electrons. The van der Waals surface area contributed by atoms with Crippen LogP contribution in [0.5, 0.6) is 0 Å². The molecule has 1 aromatic rings. The molecular weight excluding hydrogens is 309 g/mol. The Morgan fingerprint density at radius 2 is 1.88 bits per heavy atom. The summed E-state index contributed by atoms with van der Waals surface area (Å²) >= 11 is 0. The van der Waals surface area contributed by atoms with Crippen LogP contribution in [0.2, 0.25) is 0 Å². The largest absolute Gasteiger partial charge is 0.332 e. The van der Waals surface area contributed by atoms with Crippen molar-refractivity contribution in [2.45, 2.75) is 32.7 Å². The molecule has 2 rings (SSSR count). The van der Waals surface area contributed by atoms with Gasteiger partial charge in [-0.15, -0.1) is 0 Å². The predicted molar refractivity (Wildman–Crippen MR) is 91.3 cm³/mol.